The van der Waals surface area contributed by atoms with Gasteiger partial charge in [0.1, 0.15) is 0 Å². The predicted octanol–water partition coefficient (Wildman–Crippen LogP) is 1.94. The van der Waals surface area contributed by atoms with Gasteiger partial charge in [-0.3, -0.25) is 0 Å². The Bertz CT molecular complexity index is 288. The summed E-state index contributed by atoms with van der Waals surface area (Å²) >= 11 is 0. The van der Waals surface area contributed by atoms with Crippen molar-refractivity contribution in [1.82, 2.24) is 0 Å². The van der Waals surface area contributed by atoms with Crippen LogP contribution in [-0.2, 0) is 11.3 Å². The summed E-state index contributed by atoms with van der Waals surface area (Å²) in [5.41, 5.74) is 6.71. The summed E-state index contributed by atoms with van der Waals surface area (Å²) in [6, 6.07) is 10.1. The smallest absolute Gasteiger partial charge is 0.0716 e. The zero-order chi connectivity index (χ0) is 12.6. The molecule has 96 valence electrons. The molecule has 0 bridgehead atoms. The number of aliphatic hydroxyl groups excluding tert-OH is 1. The molecule has 1 unspecified atom stereocenters. The third-order valence-electron chi connectivity index (χ3n) is 3.41. The van der Waals surface area contributed by atoms with Crippen LogP contribution in [0, 0.1) is 5.41 Å². The SMILES string of the molecule is CCC(CN)(CO)CCOCc1ccccc1. The minimum Gasteiger partial charge on any atom is -0.396 e. The molecule has 0 radical (unpaired) electrons. The maximum absolute atomic E-state index is 9.36. The first kappa shape index (κ1) is 14.2. The fourth-order valence-electron chi connectivity index (χ4n) is 1.73. The van der Waals surface area contributed by atoms with Crippen molar-refractivity contribution in [2.75, 3.05) is 19.8 Å². The number of hydrogen-bond acceptors (Lipinski definition) is 3. The van der Waals surface area contributed by atoms with Crippen LogP contribution < -0.4 is 5.73 Å². The number of ether oxygens (including phenoxy) is 1. The van der Waals surface area contributed by atoms with E-state index in [0.717, 1.165) is 12.8 Å². The molecule has 0 saturated heterocycles. The first-order valence-electron chi connectivity index (χ1n) is 6.19. The van der Waals surface area contributed by atoms with Gasteiger partial charge in [-0.25, -0.2) is 0 Å². The molecule has 1 aromatic rings. The minimum absolute atomic E-state index is 0.134. The fourth-order valence-corrected chi connectivity index (χ4v) is 1.73. The van der Waals surface area contributed by atoms with Crippen LogP contribution in [0.2, 0.25) is 0 Å². The maximum atomic E-state index is 9.36. The van der Waals surface area contributed by atoms with Gasteiger partial charge in [-0.15, -0.1) is 0 Å². The molecule has 3 heteroatoms. The lowest BCUT2D eigenvalue weighted by molar-refractivity contribution is 0.0521. The number of nitrogens with two attached hydrogens (primary N) is 1. The standard InChI is InChI=1S/C14H23NO2/c1-2-14(11-15,12-16)8-9-17-10-13-6-4-3-5-7-13/h3-7,16H,2,8-12,15H2,1H3. The van der Waals surface area contributed by atoms with E-state index >= 15 is 0 Å². The molecule has 3 N–H and O–H groups in total. The monoisotopic (exact) mass is 237 g/mol. The highest BCUT2D eigenvalue weighted by molar-refractivity contribution is 5.13. The van der Waals surface area contributed by atoms with Crippen molar-refractivity contribution in [3.05, 3.63) is 35.9 Å². The molecule has 1 rings (SSSR count). The molecular formula is C14H23NO2. The summed E-state index contributed by atoms with van der Waals surface area (Å²) in [4.78, 5) is 0. The van der Waals surface area contributed by atoms with Gasteiger partial charge >= 0.3 is 0 Å². The Kier molecular flexibility index (Phi) is 6.19. The number of aliphatic hydroxyl groups is 1. The first-order chi connectivity index (χ1) is 8.26. The third kappa shape index (κ3) is 4.46. The Morgan fingerprint density at radius 1 is 1.29 bits per heavy atom. The van der Waals surface area contributed by atoms with Crippen molar-refractivity contribution < 1.29 is 9.84 Å². The van der Waals surface area contributed by atoms with Gasteiger partial charge in [-0.2, -0.15) is 0 Å². The molecule has 0 aliphatic rings. The minimum atomic E-state index is -0.170. The molecular weight excluding hydrogens is 214 g/mol. The van der Waals surface area contributed by atoms with Crippen molar-refractivity contribution in [3.8, 4) is 0 Å². The first-order valence-corrected chi connectivity index (χ1v) is 6.19. The van der Waals surface area contributed by atoms with Crippen molar-refractivity contribution in [3.63, 3.8) is 0 Å². The summed E-state index contributed by atoms with van der Waals surface area (Å²) in [5, 5.41) is 9.36. The second-order valence-corrected chi connectivity index (χ2v) is 4.50. The Hall–Kier alpha value is -0.900. The average Bonchev–Trinajstić information content (AvgIpc) is 2.41. The van der Waals surface area contributed by atoms with Crippen LogP contribution in [0.15, 0.2) is 30.3 Å². The lowest BCUT2D eigenvalue weighted by Gasteiger charge is -2.28. The van der Waals surface area contributed by atoms with Gasteiger partial charge < -0.3 is 15.6 Å². The van der Waals surface area contributed by atoms with Crippen LogP contribution in [0.3, 0.4) is 0 Å². The van der Waals surface area contributed by atoms with Crippen molar-refractivity contribution in [2.45, 2.75) is 26.4 Å². The topological polar surface area (TPSA) is 55.5 Å². The molecule has 0 aliphatic carbocycles. The molecule has 0 aliphatic heterocycles. The summed E-state index contributed by atoms with van der Waals surface area (Å²) in [7, 11) is 0. The van der Waals surface area contributed by atoms with Crippen LogP contribution in [0.5, 0.6) is 0 Å². The quantitative estimate of drug-likeness (QED) is 0.679. The van der Waals surface area contributed by atoms with E-state index in [0.29, 0.717) is 19.8 Å². The van der Waals surface area contributed by atoms with Crippen LogP contribution >= 0.6 is 0 Å². The fraction of sp³-hybridized carbons (Fsp3) is 0.571. The van der Waals surface area contributed by atoms with Gasteiger partial charge in [0.2, 0.25) is 0 Å². The molecule has 1 atom stereocenters. The molecule has 17 heavy (non-hydrogen) atoms. The Morgan fingerprint density at radius 3 is 2.53 bits per heavy atom. The van der Waals surface area contributed by atoms with Crippen molar-refractivity contribution in [2.24, 2.45) is 11.1 Å². The highest BCUT2D eigenvalue weighted by atomic mass is 16.5. The van der Waals surface area contributed by atoms with E-state index in [4.69, 9.17) is 10.5 Å². The predicted molar refractivity (Wildman–Crippen MR) is 69.6 cm³/mol. The van der Waals surface area contributed by atoms with Gasteiger partial charge in [-0.1, -0.05) is 37.3 Å². The van der Waals surface area contributed by atoms with Crippen molar-refractivity contribution in [1.29, 1.82) is 0 Å². The van der Waals surface area contributed by atoms with E-state index in [1.54, 1.807) is 0 Å². The summed E-state index contributed by atoms with van der Waals surface area (Å²) in [5.74, 6) is 0. The Labute approximate surface area is 104 Å². The highest BCUT2D eigenvalue weighted by Gasteiger charge is 2.25. The lowest BCUT2D eigenvalue weighted by atomic mass is 9.83. The summed E-state index contributed by atoms with van der Waals surface area (Å²) in [6.07, 6.45) is 1.69. The van der Waals surface area contributed by atoms with E-state index in [1.807, 2.05) is 30.3 Å². The van der Waals surface area contributed by atoms with E-state index in [9.17, 15) is 5.11 Å². The molecule has 0 amide bonds. The molecule has 0 heterocycles. The molecule has 0 saturated carbocycles. The van der Waals surface area contributed by atoms with Crippen LogP contribution in [0.1, 0.15) is 25.3 Å². The number of rotatable bonds is 8. The lowest BCUT2D eigenvalue weighted by Crippen LogP contribution is -2.34. The largest absolute Gasteiger partial charge is 0.396 e. The molecule has 3 nitrogen and oxygen atoms in total. The third-order valence-corrected chi connectivity index (χ3v) is 3.41. The van der Waals surface area contributed by atoms with E-state index in [-0.39, 0.29) is 12.0 Å². The average molecular weight is 237 g/mol. The van der Waals surface area contributed by atoms with E-state index < -0.39 is 0 Å². The molecule has 1 aromatic carbocycles. The van der Waals surface area contributed by atoms with Gasteiger partial charge in [0.05, 0.1) is 6.61 Å². The normalized spacial score (nSPS) is 14.5. The zero-order valence-corrected chi connectivity index (χ0v) is 10.6. The highest BCUT2D eigenvalue weighted by Crippen LogP contribution is 2.24. The van der Waals surface area contributed by atoms with Crippen LogP contribution in [0.4, 0.5) is 0 Å². The van der Waals surface area contributed by atoms with Gasteiger partial charge in [0.25, 0.3) is 0 Å². The zero-order valence-electron chi connectivity index (χ0n) is 10.6. The molecule has 0 aromatic heterocycles. The second-order valence-electron chi connectivity index (χ2n) is 4.50. The maximum Gasteiger partial charge on any atom is 0.0716 e. The number of hydrogen-bond donors (Lipinski definition) is 2. The summed E-state index contributed by atoms with van der Waals surface area (Å²) < 4.78 is 5.61. The second kappa shape index (κ2) is 7.43. The number of benzene rings is 1. The van der Waals surface area contributed by atoms with Crippen molar-refractivity contribution >= 4 is 0 Å². The Balaban J connectivity index is 2.28. The molecule has 0 spiro atoms. The van der Waals surface area contributed by atoms with Gasteiger partial charge in [-0.05, 0) is 18.4 Å². The van der Waals surface area contributed by atoms with Gasteiger partial charge in [0, 0.05) is 25.2 Å². The summed E-state index contributed by atoms with van der Waals surface area (Å²) in [6.45, 7) is 3.96. The Morgan fingerprint density at radius 2 is 2.00 bits per heavy atom. The van der Waals surface area contributed by atoms with E-state index in [2.05, 4.69) is 6.92 Å². The van der Waals surface area contributed by atoms with Gasteiger partial charge in [0.15, 0.2) is 0 Å². The van der Waals surface area contributed by atoms with E-state index in [1.165, 1.54) is 5.56 Å². The van der Waals surface area contributed by atoms with Crippen LogP contribution in [0.25, 0.3) is 0 Å². The molecule has 0 fully saturated rings. The van der Waals surface area contributed by atoms with Crippen LogP contribution in [-0.4, -0.2) is 24.9 Å².